The summed E-state index contributed by atoms with van der Waals surface area (Å²) in [6.45, 7) is 5.76. The number of hydrogen-bond donors (Lipinski definition) is 1. The summed E-state index contributed by atoms with van der Waals surface area (Å²) in [7, 11) is 0. The van der Waals surface area contributed by atoms with Gasteiger partial charge in [0.15, 0.2) is 0 Å². The molecule has 0 fully saturated rings. The van der Waals surface area contributed by atoms with Gasteiger partial charge in [-0.3, -0.25) is 0 Å². The summed E-state index contributed by atoms with van der Waals surface area (Å²) in [4.78, 5) is 0. The molecule has 0 aromatic heterocycles. The molecule has 2 heteroatoms. The molecule has 14 heavy (non-hydrogen) atoms. The Balaban J connectivity index is 2.41. The quantitative estimate of drug-likeness (QED) is 0.739. The number of fused-ring (bicyclic) bond motifs is 1. The zero-order valence-corrected chi connectivity index (χ0v) is 8.79. The van der Waals surface area contributed by atoms with Crippen molar-refractivity contribution in [2.45, 2.75) is 32.4 Å². The van der Waals surface area contributed by atoms with Crippen molar-refractivity contribution in [2.24, 2.45) is 5.73 Å². The van der Waals surface area contributed by atoms with Gasteiger partial charge >= 0.3 is 0 Å². The molecule has 2 rings (SSSR count). The van der Waals surface area contributed by atoms with Crippen LogP contribution in [0.15, 0.2) is 18.2 Å². The van der Waals surface area contributed by atoms with Gasteiger partial charge in [-0.05, 0) is 22.6 Å². The minimum atomic E-state index is 0.0532. The van der Waals surface area contributed by atoms with Crippen LogP contribution in [0.4, 0.5) is 0 Å². The highest BCUT2D eigenvalue weighted by Gasteiger charge is 2.17. The SMILES string of the molecule is CC(C)c1ccc2c(c1)C(N)COC2. The summed E-state index contributed by atoms with van der Waals surface area (Å²) in [5.41, 5.74) is 9.86. The van der Waals surface area contributed by atoms with Crippen molar-refractivity contribution in [2.75, 3.05) is 6.61 Å². The first-order valence-corrected chi connectivity index (χ1v) is 5.14. The van der Waals surface area contributed by atoms with Crippen LogP contribution >= 0.6 is 0 Å². The molecule has 1 aliphatic rings. The van der Waals surface area contributed by atoms with Crippen LogP contribution in [-0.4, -0.2) is 6.61 Å². The van der Waals surface area contributed by atoms with Crippen molar-refractivity contribution in [3.8, 4) is 0 Å². The maximum Gasteiger partial charge on any atom is 0.0721 e. The molecule has 0 saturated carbocycles. The van der Waals surface area contributed by atoms with Gasteiger partial charge in [0, 0.05) is 0 Å². The Morgan fingerprint density at radius 3 is 2.93 bits per heavy atom. The molecule has 1 aromatic carbocycles. The van der Waals surface area contributed by atoms with E-state index in [4.69, 9.17) is 10.5 Å². The van der Waals surface area contributed by atoms with E-state index >= 15 is 0 Å². The molecule has 1 aromatic rings. The van der Waals surface area contributed by atoms with Gasteiger partial charge in [-0.15, -0.1) is 0 Å². The van der Waals surface area contributed by atoms with Gasteiger partial charge in [0.05, 0.1) is 19.3 Å². The Morgan fingerprint density at radius 2 is 2.21 bits per heavy atom. The van der Waals surface area contributed by atoms with Crippen molar-refractivity contribution >= 4 is 0 Å². The summed E-state index contributed by atoms with van der Waals surface area (Å²) in [5, 5.41) is 0. The Hall–Kier alpha value is -0.860. The van der Waals surface area contributed by atoms with Crippen LogP contribution in [0.5, 0.6) is 0 Å². The highest BCUT2D eigenvalue weighted by Crippen LogP contribution is 2.26. The smallest absolute Gasteiger partial charge is 0.0721 e. The molecular formula is C12H17NO. The third kappa shape index (κ3) is 1.68. The van der Waals surface area contributed by atoms with Gasteiger partial charge in [0.1, 0.15) is 0 Å². The third-order valence-electron chi connectivity index (χ3n) is 2.79. The lowest BCUT2D eigenvalue weighted by Gasteiger charge is -2.23. The van der Waals surface area contributed by atoms with E-state index in [2.05, 4.69) is 32.0 Å². The second kappa shape index (κ2) is 3.71. The molecule has 0 amide bonds. The fourth-order valence-corrected chi connectivity index (χ4v) is 1.83. The monoisotopic (exact) mass is 191 g/mol. The Morgan fingerprint density at radius 1 is 1.43 bits per heavy atom. The summed E-state index contributed by atoms with van der Waals surface area (Å²) < 4.78 is 5.38. The van der Waals surface area contributed by atoms with Crippen molar-refractivity contribution in [1.29, 1.82) is 0 Å². The summed E-state index contributed by atoms with van der Waals surface area (Å²) >= 11 is 0. The summed E-state index contributed by atoms with van der Waals surface area (Å²) in [6.07, 6.45) is 0. The highest BCUT2D eigenvalue weighted by atomic mass is 16.5. The van der Waals surface area contributed by atoms with Gasteiger partial charge in [-0.1, -0.05) is 32.0 Å². The zero-order chi connectivity index (χ0) is 10.1. The van der Waals surface area contributed by atoms with Crippen LogP contribution in [0.3, 0.4) is 0 Å². The molecular weight excluding hydrogens is 174 g/mol. The van der Waals surface area contributed by atoms with E-state index in [9.17, 15) is 0 Å². The number of nitrogens with two attached hydrogens (primary N) is 1. The van der Waals surface area contributed by atoms with E-state index in [1.807, 2.05) is 0 Å². The number of rotatable bonds is 1. The largest absolute Gasteiger partial charge is 0.375 e. The maximum absolute atomic E-state index is 5.99. The molecule has 0 saturated heterocycles. The topological polar surface area (TPSA) is 35.2 Å². The Bertz CT molecular complexity index is 333. The molecule has 0 radical (unpaired) electrons. The van der Waals surface area contributed by atoms with Crippen LogP contribution in [0, 0.1) is 0 Å². The molecule has 1 aliphatic heterocycles. The summed E-state index contributed by atoms with van der Waals surface area (Å²) in [5.74, 6) is 0.565. The molecule has 1 heterocycles. The molecule has 0 bridgehead atoms. The molecule has 2 N–H and O–H groups in total. The van der Waals surface area contributed by atoms with E-state index in [1.54, 1.807) is 0 Å². The van der Waals surface area contributed by atoms with E-state index in [-0.39, 0.29) is 6.04 Å². The Kier molecular flexibility index (Phi) is 2.57. The first-order valence-electron chi connectivity index (χ1n) is 5.14. The van der Waals surface area contributed by atoms with E-state index < -0.39 is 0 Å². The van der Waals surface area contributed by atoms with Crippen molar-refractivity contribution in [3.63, 3.8) is 0 Å². The van der Waals surface area contributed by atoms with Gasteiger partial charge in [0.2, 0.25) is 0 Å². The van der Waals surface area contributed by atoms with Crippen LogP contribution in [-0.2, 0) is 11.3 Å². The average Bonchev–Trinajstić information content (AvgIpc) is 2.18. The van der Waals surface area contributed by atoms with Crippen LogP contribution in [0.25, 0.3) is 0 Å². The van der Waals surface area contributed by atoms with Crippen molar-refractivity contribution in [1.82, 2.24) is 0 Å². The predicted molar refractivity (Wildman–Crippen MR) is 57.1 cm³/mol. The van der Waals surface area contributed by atoms with Gasteiger partial charge in [0.25, 0.3) is 0 Å². The molecule has 2 nitrogen and oxygen atoms in total. The molecule has 0 aliphatic carbocycles. The standard InChI is InChI=1S/C12H17NO/c1-8(2)9-3-4-10-6-14-7-12(13)11(10)5-9/h3-5,8,12H,6-7,13H2,1-2H3. The lowest BCUT2D eigenvalue weighted by Crippen LogP contribution is -2.23. The van der Waals surface area contributed by atoms with E-state index in [0.717, 1.165) is 0 Å². The molecule has 1 atom stereocenters. The molecule has 76 valence electrons. The second-order valence-corrected chi connectivity index (χ2v) is 4.23. The van der Waals surface area contributed by atoms with E-state index in [1.165, 1.54) is 16.7 Å². The highest BCUT2D eigenvalue weighted by molar-refractivity contribution is 5.36. The average molecular weight is 191 g/mol. The number of benzene rings is 1. The lowest BCUT2D eigenvalue weighted by molar-refractivity contribution is 0.0923. The molecule has 1 unspecified atom stereocenters. The third-order valence-corrected chi connectivity index (χ3v) is 2.79. The summed E-state index contributed by atoms with van der Waals surface area (Å²) in [6, 6.07) is 6.60. The first-order chi connectivity index (χ1) is 6.68. The minimum absolute atomic E-state index is 0.0532. The first kappa shape index (κ1) is 9.69. The minimum Gasteiger partial charge on any atom is -0.375 e. The Labute approximate surface area is 85.1 Å². The zero-order valence-electron chi connectivity index (χ0n) is 8.79. The van der Waals surface area contributed by atoms with Gasteiger partial charge < -0.3 is 10.5 Å². The van der Waals surface area contributed by atoms with Crippen LogP contribution < -0.4 is 5.73 Å². The number of hydrogen-bond acceptors (Lipinski definition) is 2. The maximum atomic E-state index is 5.99. The fourth-order valence-electron chi connectivity index (χ4n) is 1.83. The molecule has 0 spiro atoms. The number of ether oxygens (including phenoxy) is 1. The lowest BCUT2D eigenvalue weighted by atomic mass is 9.93. The second-order valence-electron chi connectivity index (χ2n) is 4.23. The van der Waals surface area contributed by atoms with Crippen LogP contribution in [0.2, 0.25) is 0 Å². The fraction of sp³-hybridized carbons (Fsp3) is 0.500. The van der Waals surface area contributed by atoms with Gasteiger partial charge in [-0.25, -0.2) is 0 Å². The van der Waals surface area contributed by atoms with Crippen LogP contribution in [0.1, 0.15) is 42.5 Å². The normalized spacial score (nSPS) is 21.0. The van der Waals surface area contributed by atoms with Gasteiger partial charge in [-0.2, -0.15) is 0 Å². The predicted octanol–water partition coefficient (Wildman–Crippen LogP) is 2.34. The van der Waals surface area contributed by atoms with Crippen molar-refractivity contribution < 1.29 is 4.74 Å². The van der Waals surface area contributed by atoms with E-state index in [0.29, 0.717) is 19.1 Å². The van der Waals surface area contributed by atoms with Crippen molar-refractivity contribution in [3.05, 3.63) is 34.9 Å².